The molecule has 0 amide bonds. The number of anilines is 2. The lowest BCUT2D eigenvalue weighted by atomic mass is 10.1. The molecule has 0 saturated carbocycles. The number of methoxy groups -OCH3 is 1. The Morgan fingerprint density at radius 1 is 1.37 bits per heavy atom. The van der Waals surface area contributed by atoms with Crippen LogP contribution in [0, 0.1) is 6.92 Å². The van der Waals surface area contributed by atoms with E-state index < -0.39 is 0 Å². The highest BCUT2D eigenvalue weighted by Gasteiger charge is 2.20. The molecule has 0 aliphatic heterocycles. The number of hydrogen-bond acceptors (Lipinski definition) is 6. The van der Waals surface area contributed by atoms with Gasteiger partial charge < -0.3 is 15.1 Å². The molecule has 0 fully saturated rings. The summed E-state index contributed by atoms with van der Waals surface area (Å²) in [5.74, 6) is 7.07. The quantitative estimate of drug-likeness (QED) is 0.551. The van der Waals surface area contributed by atoms with Crippen LogP contribution in [0.1, 0.15) is 32.3 Å². The minimum Gasteiger partial charge on any atom is -0.383 e. The van der Waals surface area contributed by atoms with Crippen molar-refractivity contribution < 1.29 is 4.74 Å². The number of nitrogens with zero attached hydrogens (tertiary/aromatic N) is 3. The fourth-order valence-corrected chi connectivity index (χ4v) is 2.26. The van der Waals surface area contributed by atoms with Gasteiger partial charge in [-0.05, 0) is 19.8 Å². The van der Waals surface area contributed by atoms with Crippen LogP contribution in [0.3, 0.4) is 0 Å². The van der Waals surface area contributed by atoms with Crippen LogP contribution >= 0.6 is 0 Å². The van der Waals surface area contributed by atoms with Crippen LogP contribution in [0.2, 0.25) is 0 Å². The molecule has 1 aromatic rings. The molecule has 1 aromatic heterocycles. The number of nitrogens with one attached hydrogen (secondary N) is 1. The summed E-state index contributed by atoms with van der Waals surface area (Å²) in [5, 5.41) is 0. The molecule has 0 bridgehead atoms. The number of aromatic nitrogens is 2. The van der Waals surface area contributed by atoms with Crippen molar-refractivity contribution in [2.24, 2.45) is 5.84 Å². The molecule has 3 N–H and O–H groups in total. The van der Waals surface area contributed by atoms with Crippen LogP contribution < -0.4 is 16.2 Å². The topological polar surface area (TPSA) is 76.3 Å². The van der Waals surface area contributed by atoms with Crippen LogP contribution in [-0.2, 0) is 4.74 Å². The first-order valence-electron chi connectivity index (χ1n) is 6.73. The zero-order valence-corrected chi connectivity index (χ0v) is 12.3. The number of nitrogen functional groups attached to an aromatic ring is 1. The van der Waals surface area contributed by atoms with Crippen molar-refractivity contribution in [2.75, 3.05) is 30.6 Å². The molecule has 0 aliphatic rings. The van der Waals surface area contributed by atoms with E-state index in [1.165, 1.54) is 0 Å². The van der Waals surface area contributed by atoms with Gasteiger partial charge in [0.25, 0.3) is 0 Å². The van der Waals surface area contributed by atoms with E-state index in [-0.39, 0.29) is 0 Å². The lowest BCUT2D eigenvalue weighted by Crippen LogP contribution is -2.38. The van der Waals surface area contributed by atoms with Gasteiger partial charge in [0.05, 0.1) is 6.61 Å². The maximum atomic E-state index is 5.48. The average Bonchev–Trinajstić information content (AvgIpc) is 2.44. The highest BCUT2D eigenvalue weighted by Crippen LogP contribution is 2.25. The number of nitrogens with two attached hydrogens (primary N) is 1. The molecule has 1 heterocycles. The zero-order chi connectivity index (χ0) is 14.3. The first kappa shape index (κ1) is 15.7. The van der Waals surface area contributed by atoms with Gasteiger partial charge in [-0.1, -0.05) is 13.8 Å². The summed E-state index contributed by atoms with van der Waals surface area (Å²) in [4.78, 5) is 10.8. The summed E-state index contributed by atoms with van der Waals surface area (Å²) in [6, 6.07) is 0.439. The minimum atomic E-state index is 0.439. The van der Waals surface area contributed by atoms with Gasteiger partial charge in [-0.3, -0.25) is 0 Å². The monoisotopic (exact) mass is 267 g/mol. The molecule has 6 heteroatoms. The molecule has 0 aliphatic carbocycles. The van der Waals surface area contributed by atoms with Gasteiger partial charge in [0.1, 0.15) is 18.0 Å². The van der Waals surface area contributed by atoms with E-state index in [4.69, 9.17) is 10.6 Å². The van der Waals surface area contributed by atoms with E-state index in [9.17, 15) is 0 Å². The van der Waals surface area contributed by atoms with Crippen LogP contribution in [0.4, 0.5) is 11.6 Å². The van der Waals surface area contributed by atoms with Gasteiger partial charge in [-0.2, -0.15) is 0 Å². The summed E-state index contributed by atoms with van der Waals surface area (Å²) >= 11 is 0. The Kier molecular flexibility index (Phi) is 6.52. The molecule has 108 valence electrons. The molecule has 6 nitrogen and oxygen atoms in total. The van der Waals surface area contributed by atoms with E-state index in [0.29, 0.717) is 18.5 Å². The van der Waals surface area contributed by atoms with Gasteiger partial charge in [-0.25, -0.2) is 15.8 Å². The third kappa shape index (κ3) is 3.78. The fraction of sp³-hybridized carbons (Fsp3) is 0.692. The Morgan fingerprint density at radius 2 is 2.05 bits per heavy atom. The van der Waals surface area contributed by atoms with E-state index in [1.54, 1.807) is 13.4 Å². The summed E-state index contributed by atoms with van der Waals surface area (Å²) in [5.41, 5.74) is 3.58. The SMILES string of the molecule is CCC(CC)N(CCOC)c1ncnc(NN)c1C. The van der Waals surface area contributed by atoms with Crippen LogP contribution in [0.25, 0.3) is 0 Å². The van der Waals surface area contributed by atoms with Crippen LogP contribution in [0.5, 0.6) is 0 Å². The lowest BCUT2D eigenvalue weighted by molar-refractivity contribution is 0.202. The van der Waals surface area contributed by atoms with E-state index in [0.717, 1.165) is 30.8 Å². The normalized spacial score (nSPS) is 10.8. The second kappa shape index (κ2) is 7.91. The molecule has 0 radical (unpaired) electrons. The fourth-order valence-electron chi connectivity index (χ4n) is 2.26. The largest absolute Gasteiger partial charge is 0.383 e. The highest BCUT2D eigenvalue weighted by molar-refractivity contribution is 5.57. The molecule has 19 heavy (non-hydrogen) atoms. The number of hydrazine groups is 1. The average molecular weight is 267 g/mol. The van der Waals surface area contributed by atoms with Crippen LogP contribution in [0.15, 0.2) is 6.33 Å². The van der Waals surface area contributed by atoms with Gasteiger partial charge >= 0.3 is 0 Å². The first-order chi connectivity index (χ1) is 9.19. The summed E-state index contributed by atoms with van der Waals surface area (Å²) in [7, 11) is 1.71. The maximum absolute atomic E-state index is 5.48. The Labute approximate surface area is 115 Å². The van der Waals surface area contributed by atoms with Crippen LogP contribution in [-0.4, -0.2) is 36.3 Å². The third-order valence-corrected chi connectivity index (χ3v) is 3.39. The van der Waals surface area contributed by atoms with E-state index in [2.05, 4.69) is 34.1 Å². The van der Waals surface area contributed by atoms with Crippen molar-refractivity contribution in [3.8, 4) is 0 Å². The number of hydrogen-bond donors (Lipinski definition) is 2. The van der Waals surface area contributed by atoms with E-state index >= 15 is 0 Å². The van der Waals surface area contributed by atoms with Gasteiger partial charge in [-0.15, -0.1) is 0 Å². The molecule has 0 spiro atoms. The molecule has 1 rings (SSSR count). The molecular formula is C13H25N5O. The summed E-state index contributed by atoms with van der Waals surface area (Å²) in [6.45, 7) is 7.84. The standard InChI is InChI=1S/C13H25N5O/c1-5-11(6-2)18(7-8-19-4)13-10(3)12(17-14)15-9-16-13/h9,11H,5-8,14H2,1-4H3,(H,15,16,17). The van der Waals surface area contributed by atoms with Crippen molar-refractivity contribution in [3.63, 3.8) is 0 Å². The van der Waals surface area contributed by atoms with Gasteiger partial charge in [0.15, 0.2) is 0 Å². The van der Waals surface area contributed by atoms with Crippen molar-refractivity contribution in [1.82, 2.24) is 9.97 Å². The molecule has 0 aromatic carbocycles. The Bertz CT molecular complexity index is 381. The first-order valence-corrected chi connectivity index (χ1v) is 6.73. The predicted molar refractivity (Wildman–Crippen MR) is 78.2 cm³/mol. The maximum Gasteiger partial charge on any atom is 0.148 e. The lowest BCUT2D eigenvalue weighted by Gasteiger charge is -2.32. The second-order valence-electron chi connectivity index (χ2n) is 4.47. The van der Waals surface area contributed by atoms with Gasteiger partial charge in [0, 0.05) is 25.3 Å². The molecule has 0 saturated heterocycles. The molecule has 0 atom stereocenters. The Balaban J connectivity index is 3.08. The van der Waals surface area contributed by atoms with E-state index in [1.807, 2.05) is 6.92 Å². The summed E-state index contributed by atoms with van der Waals surface area (Å²) < 4.78 is 5.20. The van der Waals surface area contributed by atoms with Crippen molar-refractivity contribution in [2.45, 2.75) is 39.7 Å². The van der Waals surface area contributed by atoms with Gasteiger partial charge in [0.2, 0.25) is 0 Å². The second-order valence-corrected chi connectivity index (χ2v) is 4.47. The smallest absolute Gasteiger partial charge is 0.148 e. The minimum absolute atomic E-state index is 0.439. The molecule has 0 unspecified atom stereocenters. The number of rotatable bonds is 8. The van der Waals surface area contributed by atoms with Crippen molar-refractivity contribution >= 4 is 11.6 Å². The Morgan fingerprint density at radius 3 is 2.58 bits per heavy atom. The number of ether oxygens (including phenoxy) is 1. The Hall–Kier alpha value is -1.40. The summed E-state index contributed by atoms with van der Waals surface area (Å²) in [6.07, 6.45) is 3.67. The highest BCUT2D eigenvalue weighted by atomic mass is 16.5. The zero-order valence-electron chi connectivity index (χ0n) is 12.3. The van der Waals surface area contributed by atoms with Crippen molar-refractivity contribution in [1.29, 1.82) is 0 Å². The molecular weight excluding hydrogens is 242 g/mol. The third-order valence-electron chi connectivity index (χ3n) is 3.39. The predicted octanol–water partition coefficient (Wildman–Crippen LogP) is 1.71. The van der Waals surface area contributed by atoms with Crippen molar-refractivity contribution in [3.05, 3.63) is 11.9 Å².